The van der Waals surface area contributed by atoms with Crippen LogP contribution in [0.3, 0.4) is 0 Å². The fourth-order valence-electron chi connectivity index (χ4n) is 3.23. The molecule has 1 atom stereocenters. The van der Waals surface area contributed by atoms with Crippen molar-refractivity contribution in [3.05, 3.63) is 49.1 Å². The number of H-pyrrole nitrogens is 1. The van der Waals surface area contributed by atoms with Gasteiger partial charge in [0.05, 0.1) is 23.7 Å². The van der Waals surface area contributed by atoms with Crippen molar-refractivity contribution < 1.29 is 9.53 Å². The fourth-order valence-corrected chi connectivity index (χ4v) is 5.23. The highest BCUT2D eigenvalue weighted by Gasteiger charge is 2.37. The number of hydrogen-bond acceptors (Lipinski definition) is 7. The quantitative estimate of drug-likeness (QED) is 0.299. The van der Waals surface area contributed by atoms with E-state index in [4.69, 9.17) is 4.74 Å². The number of carbonyl (C=O) groups excluding carboxylic acids is 1. The van der Waals surface area contributed by atoms with Crippen molar-refractivity contribution in [1.82, 2.24) is 9.97 Å². The van der Waals surface area contributed by atoms with Gasteiger partial charge in [-0.2, -0.15) is 0 Å². The van der Waals surface area contributed by atoms with Crippen LogP contribution in [0.15, 0.2) is 32.7 Å². The Morgan fingerprint density at radius 1 is 1.36 bits per heavy atom. The maximum Gasteiger partial charge on any atom is 0.336 e. The molecule has 0 saturated heterocycles. The molecule has 0 aliphatic carbocycles. The third-order valence-electron chi connectivity index (χ3n) is 4.62. The molecule has 0 bridgehead atoms. The number of fused-ring (bicyclic) bond motifs is 1. The Morgan fingerprint density at radius 2 is 2.14 bits per heavy atom. The van der Waals surface area contributed by atoms with Gasteiger partial charge in [0.25, 0.3) is 5.56 Å². The van der Waals surface area contributed by atoms with Crippen LogP contribution in [0.2, 0.25) is 0 Å². The molecule has 0 fully saturated rings. The highest BCUT2D eigenvalue weighted by Crippen LogP contribution is 2.43. The van der Waals surface area contributed by atoms with E-state index in [0.717, 1.165) is 29.0 Å². The number of allylic oxidation sites excluding steroid dienone is 1. The first-order valence-electron chi connectivity index (χ1n) is 9.43. The molecule has 2 aromatic rings. The second kappa shape index (κ2) is 8.96. The number of aryl methyl sites for hydroxylation is 1. The van der Waals surface area contributed by atoms with Crippen molar-refractivity contribution in [3.8, 4) is 0 Å². The largest absolute Gasteiger partial charge is 0.463 e. The van der Waals surface area contributed by atoms with Gasteiger partial charge in [0.2, 0.25) is 0 Å². The number of nitrogens with one attached hydrogen (secondary N) is 2. The molecule has 0 radical (unpaired) electrons. The van der Waals surface area contributed by atoms with E-state index in [0.29, 0.717) is 27.8 Å². The van der Waals surface area contributed by atoms with E-state index in [9.17, 15) is 9.59 Å². The van der Waals surface area contributed by atoms with Gasteiger partial charge in [-0.3, -0.25) is 4.79 Å². The zero-order valence-corrected chi connectivity index (χ0v) is 18.2. The van der Waals surface area contributed by atoms with Crippen LogP contribution < -0.4 is 10.9 Å². The maximum atomic E-state index is 13.0. The SMILES string of the molecule is CCCCSc1nc2c(c(=O)[nH]1)C(c1sccc1C)C(C(=O)OCC)=C(C)N2. The Kier molecular flexibility index (Phi) is 6.61. The molecule has 0 aromatic carbocycles. The molecule has 0 spiro atoms. The Bertz CT molecular complexity index is 962. The van der Waals surface area contributed by atoms with E-state index in [1.165, 1.54) is 23.1 Å². The predicted octanol–water partition coefficient (Wildman–Crippen LogP) is 4.43. The second-order valence-corrected chi connectivity index (χ2v) is 8.65. The van der Waals surface area contributed by atoms with Crippen LogP contribution in [-0.2, 0) is 9.53 Å². The molecule has 2 N–H and O–H groups in total. The zero-order valence-electron chi connectivity index (χ0n) is 16.5. The summed E-state index contributed by atoms with van der Waals surface area (Å²) < 4.78 is 5.30. The number of esters is 1. The van der Waals surface area contributed by atoms with Crippen molar-refractivity contribution in [1.29, 1.82) is 0 Å². The Morgan fingerprint density at radius 3 is 2.79 bits per heavy atom. The van der Waals surface area contributed by atoms with Gasteiger partial charge in [-0.1, -0.05) is 25.1 Å². The number of rotatable bonds is 7. The number of anilines is 1. The number of unbranched alkanes of at least 4 members (excludes halogenated alkanes) is 1. The van der Waals surface area contributed by atoms with Crippen LogP contribution in [0.25, 0.3) is 0 Å². The number of aromatic amines is 1. The van der Waals surface area contributed by atoms with E-state index in [1.807, 2.05) is 25.3 Å². The Labute approximate surface area is 172 Å². The number of ether oxygens (including phenoxy) is 1. The van der Waals surface area contributed by atoms with Crippen LogP contribution >= 0.6 is 23.1 Å². The summed E-state index contributed by atoms with van der Waals surface area (Å²) in [5.74, 6) is 0.526. The molecule has 28 heavy (non-hydrogen) atoms. The van der Waals surface area contributed by atoms with Gasteiger partial charge in [-0.05, 0) is 44.2 Å². The molecule has 150 valence electrons. The van der Waals surface area contributed by atoms with E-state index < -0.39 is 11.9 Å². The molecule has 8 heteroatoms. The van der Waals surface area contributed by atoms with E-state index in [2.05, 4.69) is 22.2 Å². The van der Waals surface area contributed by atoms with Crippen molar-refractivity contribution in [2.24, 2.45) is 0 Å². The molecule has 3 rings (SSSR count). The predicted molar refractivity (Wildman–Crippen MR) is 114 cm³/mol. The summed E-state index contributed by atoms with van der Waals surface area (Å²) in [5, 5.41) is 5.74. The van der Waals surface area contributed by atoms with Crippen LogP contribution in [0.4, 0.5) is 5.82 Å². The summed E-state index contributed by atoms with van der Waals surface area (Å²) in [4.78, 5) is 34.3. The Balaban J connectivity index is 2.12. The van der Waals surface area contributed by atoms with Crippen molar-refractivity contribution in [2.75, 3.05) is 17.7 Å². The second-order valence-electron chi connectivity index (χ2n) is 6.62. The molecule has 0 saturated carbocycles. The fraction of sp³-hybridized carbons (Fsp3) is 0.450. The van der Waals surface area contributed by atoms with Crippen LogP contribution in [-0.4, -0.2) is 28.3 Å². The summed E-state index contributed by atoms with van der Waals surface area (Å²) in [6.07, 6.45) is 2.15. The number of hydrogen-bond donors (Lipinski definition) is 2. The van der Waals surface area contributed by atoms with Gasteiger partial charge in [0.1, 0.15) is 5.82 Å². The van der Waals surface area contributed by atoms with Crippen LogP contribution in [0.1, 0.15) is 55.5 Å². The van der Waals surface area contributed by atoms with E-state index in [1.54, 1.807) is 6.92 Å². The van der Waals surface area contributed by atoms with Gasteiger partial charge in [0, 0.05) is 16.3 Å². The molecular weight excluding hydrogens is 394 g/mol. The summed E-state index contributed by atoms with van der Waals surface area (Å²) in [7, 11) is 0. The summed E-state index contributed by atoms with van der Waals surface area (Å²) in [6, 6.07) is 2.00. The van der Waals surface area contributed by atoms with Crippen molar-refractivity contribution in [3.63, 3.8) is 0 Å². The lowest BCUT2D eigenvalue weighted by Crippen LogP contribution is -2.31. The van der Waals surface area contributed by atoms with Gasteiger partial charge >= 0.3 is 5.97 Å². The van der Waals surface area contributed by atoms with E-state index >= 15 is 0 Å². The topological polar surface area (TPSA) is 84.1 Å². The molecule has 1 aliphatic rings. The maximum absolute atomic E-state index is 13.0. The number of carbonyl (C=O) groups is 1. The standard InChI is InChI=1S/C20H25N3O3S2/c1-5-7-9-28-20-22-17-15(18(24)23-20)14(16-11(3)8-10-27-16)13(12(4)21-17)19(25)26-6-2/h8,10,14H,5-7,9H2,1-4H3,(H2,21,22,23,24). The minimum atomic E-state index is -0.485. The smallest absolute Gasteiger partial charge is 0.336 e. The molecule has 1 unspecified atom stereocenters. The minimum absolute atomic E-state index is 0.219. The monoisotopic (exact) mass is 419 g/mol. The van der Waals surface area contributed by atoms with Crippen LogP contribution in [0, 0.1) is 6.92 Å². The lowest BCUT2D eigenvalue weighted by Gasteiger charge is -2.28. The lowest BCUT2D eigenvalue weighted by atomic mass is 9.85. The first kappa shape index (κ1) is 20.7. The van der Waals surface area contributed by atoms with Crippen molar-refractivity contribution >= 4 is 34.9 Å². The van der Waals surface area contributed by atoms with E-state index in [-0.39, 0.29) is 12.2 Å². The summed E-state index contributed by atoms with van der Waals surface area (Å²) in [6.45, 7) is 8.00. The molecule has 3 heterocycles. The van der Waals surface area contributed by atoms with Crippen LogP contribution in [0.5, 0.6) is 0 Å². The number of nitrogens with zero attached hydrogens (tertiary/aromatic N) is 1. The lowest BCUT2D eigenvalue weighted by molar-refractivity contribution is -0.138. The average molecular weight is 420 g/mol. The molecular formula is C20H25N3O3S2. The Hall–Kier alpha value is -2.06. The molecule has 2 aromatic heterocycles. The third-order valence-corrected chi connectivity index (χ3v) is 6.66. The van der Waals surface area contributed by atoms with Gasteiger partial charge in [-0.25, -0.2) is 9.78 Å². The zero-order chi connectivity index (χ0) is 20.3. The number of aromatic nitrogens is 2. The molecule has 6 nitrogen and oxygen atoms in total. The average Bonchev–Trinajstić information content (AvgIpc) is 3.06. The van der Waals surface area contributed by atoms with Gasteiger partial charge in [-0.15, -0.1) is 11.3 Å². The molecule has 1 aliphatic heterocycles. The van der Waals surface area contributed by atoms with Crippen molar-refractivity contribution in [2.45, 2.75) is 51.6 Å². The van der Waals surface area contributed by atoms with Gasteiger partial charge < -0.3 is 15.0 Å². The normalized spacial score (nSPS) is 15.9. The molecule has 0 amide bonds. The highest BCUT2D eigenvalue weighted by molar-refractivity contribution is 7.99. The first-order chi connectivity index (χ1) is 13.5. The number of thioether (sulfide) groups is 1. The highest BCUT2D eigenvalue weighted by atomic mass is 32.2. The first-order valence-corrected chi connectivity index (χ1v) is 11.3. The summed E-state index contributed by atoms with van der Waals surface area (Å²) >= 11 is 3.07. The third kappa shape index (κ3) is 4.03. The summed E-state index contributed by atoms with van der Waals surface area (Å²) in [5.41, 5.74) is 2.44. The minimum Gasteiger partial charge on any atom is -0.463 e. The number of thiophene rings is 1. The van der Waals surface area contributed by atoms with Gasteiger partial charge in [0.15, 0.2) is 5.16 Å².